The summed E-state index contributed by atoms with van der Waals surface area (Å²) < 4.78 is 1.90. The number of aromatic nitrogens is 2. The van der Waals surface area contributed by atoms with Crippen LogP contribution >= 0.6 is 0 Å². The first-order chi connectivity index (χ1) is 7.36. The summed E-state index contributed by atoms with van der Waals surface area (Å²) >= 11 is 0. The highest BCUT2D eigenvalue weighted by molar-refractivity contribution is 5.12. The lowest BCUT2D eigenvalue weighted by Gasteiger charge is -2.03. The molecule has 0 aromatic carbocycles. The Balaban J connectivity index is 0.000000221. The number of hydrogen-bond donors (Lipinski definition) is 2. The molecule has 1 aliphatic rings. The second-order valence-electron chi connectivity index (χ2n) is 4.92. The largest absolute Gasteiger partial charge is 0.366 e. The van der Waals surface area contributed by atoms with Crippen LogP contribution in [0.15, 0.2) is 12.4 Å². The van der Waals surface area contributed by atoms with Gasteiger partial charge in [-0.25, -0.2) is 0 Å². The van der Waals surface area contributed by atoms with Crippen molar-refractivity contribution in [2.24, 2.45) is 7.05 Å². The summed E-state index contributed by atoms with van der Waals surface area (Å²) in [6.45, 7) is 2.60. The zero-order valence-corrected chi connectivity index (χ0v) is 10.3. The van der Waals surface area contributed by atoms with Gasteiger partial charge in [0.05, 0.1) is 6.20 Å². The molecule has 2 N–H and O–H groups in total. The molecule has 0 spiro atoms. The fourth-order valence-electron chi connectivity index (χ4n) is 1.91. The predicted octanol–water partition coefficient (Wildman–Crippen LogP) is 1.78. The number of aliphatic hydroxyl groups is 2. The quantitative estimate of drug-likeness (QED) is 0.718. The van der Waals surface area contributed by atoms with Crippen molar-refractivity contribution < 1.29 is 10.2 Å². The number of aryl methyl sites for hydroxylation is 1. The van der Waals surface area contributed by atoms with Gasteiger partial charge in [0.1, 0.15) is 0 Å². The van der Waals surface area contributed by atoms with Gasteiger partial charge < -0.3 is 10.2 Å². The molecule has 16 heavy (non-hydrogen) atoms. The highest BCUT2D eigenvalue weighted by Gasteiger charge is 2.17. The Hall–Kier alpha value is -0.870. The van der Waals surface area contributed by atoms with Crippen LogP contribution in [0, 0.1) is 0 Å². The van der Waals surface area contributed by atoms with Crippen molar-refractivity contribution in [2.45, 2.75) is 51.2 Å². The SMILES string of the molecule is CC(C)(O)O.Cn1cc(C2CCCC2)cn1. The van der Waals surface area contributed by atoms with Crippen molar-refractivity contribution in [1.82, 2.24) is 9.78 Å². The summed E-state index contributed by atoms with van der Waals surface area (Å²) in [7, 11) is 1.98. The molecule has 1 aromatic heterocycles. The van der Waals surface area contributed by atoms with Gasteiger partial charge in [0.25, 0.3) is 0 Å². The highest BCUT2D eigenvalue weighted by Crippen LogP contribution is 2.33. The Morgan fingerprint density at radius 3 is 2.19 bits per heavy atom. The van der Waals surface area contributed by atoms with Crippen molar-refractivity contribution >= 4 is 0 Å². The fourth-order valence-corrected chi connectivity index (χ4v) is 1.91. The third-order valence-corrected chi connectivity index (χ3v) is 2.55. The molecule has 0 unspecified atom stereocenters. The standard InChI is InChI=1S/C9H14N2.C3H8O2/c1-11-7-9(6-10-11)8-4-2-3-5-8;1-3(2,4)5/h6-8H,2-5H2,1H3;4-5H,1-2H3. The second kappa shape index (κ2) is 5.46. The molecule has 0 atom stereocenters. The van der Waals surface area contributed by atoms with E-state index in [2.05, 4.69) is 11.3 Å². The average Bonchev–Trinajstić information content (AvgIpc) is 2.69. The molecule has 1 fully saturated rings. The maximum absolute atomic E-state index is 8.08. The molecule has 4 heteroatoms. The molecular weight excluding hydrogens is 204 g/mol. The van der Waals surface area contributed by atoms with E-state index >= 15 is 0 Å². The molecule has 2 rings (SSSR count). The average molecular weight is 226 g/mol. The number of hydrogen-bond acceptors (Lipinski definition) is 3. The molecule has 92 valence electrons. The number of rotatable bonds is 1. The van der Waals surface area contributed by atoms with Crippen molar-refractivity contribution in [3.05, 3.63) is 18.0 Å². The van der Waals surface area contributed by atoms with E-state index in [-0.39, 0.29) is 0 Å². The molecule has 1 aliphatic carbocycles. The Bertz CT molecular complexity index is 303. The van der Waals surface area contributed by atoms with Gasteiger partial charge in [-0.2, -0.15) is 5.10 Å². The van der Waals surface area contributed by atoms with Gasteiger partial charge in [-0.3, -0.25) is 4.68 Å². The Morgan fingerprint density at radius 2 is 1.81 bits per heavy atom. The zero-order valence-electron chi connectivity index (χ0n) is 10.3. The minimum absolute atomic E-state index is 0.809. The number of nitrogens with zero attached hydrogens (tertiary/aromatic N) is 2. The van der Waals surface area contributed by atoms with Crippen LogP contribution in [0.25, 0.3) is 0 Å². The van der Waals surface area contributed by atoms with Crippen LogP contribution in [-0.2, 0) is 7.05 Å². The topological polar surface area (TPSA) is 58.3 Å². The van der Waals surface area contributed by atoms with Crippen LogP contribution in [0.2, 0.25) is 0 Å². The van der Waals surface area contributed by atoms with E-state index in [1.54, 1.807) is 0 Å². The molecule has 1 heterocycles. The van der Waals surface area contributed by atoms with E-state index in [0.29, 0.717) is 0 Å². The third-order valence-electron chi connectivity index (χ3n) is 2.55. The van der Waals surface area contributed by atoms with E-state index in [4.69, 9.17) is 10.2 Å². The Labute approximate surface area is 96.9 Å². The molecule has 0 bridgehead atoms. The smallest absolute Gasteiger partial charge is 0.156 e. The van der Waals surface area contributed by atoms with E-state index < -0.39 is 5.79 Å². The lowest BCUT2D eigenvalue weighted by molar-refractivity contribution is -0.127. The van der Waals surface area contributed by atoms with Gasteiger partial charge in [-0.1, -0.05) is 12.8 Å². The predicted molar refractivity (Wildman–Crippen MR) is 62.9 cm³/mol. The van der Waals surface area contributed by atoms with Gasteiger partial charge in [0.15, 0.2) is 5.79 Å². The van der Waals surface area contributed by atoms with Crippen LogP contribution < -0.4 is 0 Å². The van der Waals surface area contributed by atoms with Gasteiger partial charge in [-0.15, -0.1) is 0 Å². The Morgan fingerprint density at radius 1 is 1.31 bits per heavy atom. The summed E-state index contributed by atoms with van der Waals surface area (Å²) in [6.07, 6.45) is 9.70. The Kier molecular flexibility index (Phi) is 4.50. The fraction of sp³-hybridized carbons (Fsp3) is 0.750. The molecule has 1 aromatic rings. The van der Waals surface area contributed by atoms with Crippen molar-refractivity contribution in [3.8, 4) is 0 Å². The first-order valence-corrected chi connectivity index (χ1v) is 5.79. The first-order valence-electron chi connectivity index (χ1n) is 5.79. The normalized spacial score (nSPS) is 17.1. The minimum Gasteiger partial charge on any atom is -0.366 e. The van der Waals surface area contributed by atoms with E-state index in [1.165, 1.54) is 45.1 Å². The van der Waals surface area contributed by atoms with Crippen LogP contribution in [0.5, 0.6) is 0 Å². The van der Waals surface area contributed by atoms with Crippen LogP contribution in [0.3, 0.4) is 0 Å². The molecule has 0 radical (unpaired) electrons. The van der Waals surface area contributed by atoms with Gasteiger partial charge >= 0.3 is 0 Å². The van der Waals surface area contributed by atoms with Gasteiger partial charge in [0, 0.05) is 13.2 Å². The molecular formula is C12H22N2O2. The zero-order chi connectivity index (χ0) is 12.2. The maximum Gasteiger partial charge on any atom is 0.156 e. The maximum atomic E-state index is 8.08. The lowest BCUT2D eigenvalue weighted by Crippen LogP contribution is -2.15. The van der Waals surface area contributed by atoms with Gasteiger partial charge in [-0.05, 0) is 38.2 Å². The minimum atomic E-state index is -1.50. The summed E-state index contributed by atoms with van der Waals surface area (Å²) in [6, 6.07) is 0. The van der Waals surface area contributed by atoms with E-state index in [1.807, 2.05) is 17.9 Å². The first kappa shape index (κ1) is 13.2. The summed E-state index contributed by atoms with van der Waals surface area (Å²) in [4.78, 5) is 0. The summed E-state index contributed by atoms with van der Waals surface area (Å²) in [5.74, 6) is -0.691. The molecule has 0 saturated heterocycles. The highest BCUT2D eigenvalue weighted by atomic mass is 16.5. The van der Waals surface area contributed by atoms with Crippen LogP contribution in [0.1, 0.15) is 51.0 Å². The molecule has 1 saturated carbocycles. The summed E-state index contributed by atoms with van der Waals surface area (Å²) in [5, 5.41) is 20.3. The van der Waals surface area contributed by atoms with Crippen molar-refractivity contribution in [1.29, 1.82) is 0 Å². The third kappa shape index (κ3) is 5.28. The van der Waals surface area contributed by atoms with Crippen LogP contribution in [-0.4, -0.2) is 25.8 Å². The second-order valence-corrected chi connectivity index (χ2v) is 4.92. The van der Waals surface area contributed by atoms with Crippen molar-refractivity contribution in [2.75, 3.05) is 0 Å². The van der Waals surface area contributed by atoms with Crippen molar-refractivity contribution in [3.63, 3.8) is 0 Å². The molecule has 4 nitrogen and oxygen atoms in total. The van der Waals surface area contributed by atoms with Gasteiger partial charge in [0.2, 0.25) is 0 Å². The lowest BCUT2D eigenvalue weighted by atomic mass is 10.0. The summed E-state index contributed by atoms with van der Waals surface area (Å²) in [5.41, 5.74) is 1.44. The molecule has 0 amide bonds. The molecule has 0 aliphatic heterocycles. The van der Waals surface area contributed by atoms with Crippen LogP contribution in [0.4, 0.5) is 0 Å². The van der Waals surface area contributed by atoms with E-state index in [9.17, 15) is 0 Å². The monoisotopic (exact) mass is 226 g/mol. The van der Waals surface area contributed by atoms with E-state index in [0.717, 1.165) is 5.92 Å².